The van der Waals surface area contributed by atoms with E-state index in [9.17, 15) is 13.2 Å². The summed E-state index contributed by atoms with van der Waals surface area (Å²) >= 11 is 7.84. The number of methoxy groups -OCH3 is 1. The van der Waals surface area contributed by atoms with Crippen molar-refractivity contribution in [3.05, 3.63) is 77.1 Å². The predicted octanol–water partition coefficient (Wildman–Crippen LogP) is 5.30. The van der Waals surface area contributed by atoms with Gasteiger partial charge in [-0.15, -0.1) is 0 Å². The number of carbonyl (C=O) groups is 1. The number of fused-ring (bicyclic) bond motifs is 1. The Morgan fingerprint density at radius 3 is 2.53 bits per heavy atom. The highest BCUT2D eigenvalue weighted by Gasteiger charge is 2.35. The van der Waals surface area contributed by atoms with E-state index in [0.717, 1.165) is 21.3 Å². The van der Waals surface area contributed by atoms with Crippen LogP contribution in [0.3, 0.4) is 0 Å². The maximum Gasteiger partial charge on any atom is 0.243 e. The summed E-state index contributed by atoms with van der Waals surface area (Å²) < 4.78 is 33.8. The van der Waals surface area contributed by atoms with Crippen LogP contribution in [0.2, 0.25) is 5.02 Å². The largest absolute Gasteiger partial charge is 0.497 e. The number of thiazole rings is 1. The molecule has 8 nitrogen and oxygen atoms in total. The molecule has 198 valence electrons. The van der Waals surface area contributed by atoms with E-state index < -0.39 is 10.0 Å². The van der Waals surface area contributed by atoms with E-state index in [1.165, 1.54) is 22.8 Å². The lowest BCUT2D eigenvalue weighted by Gasteiger charge is -2.33. The Labute approximate surface area is 230 Å². The number of anilines is 1. The van der Waals surface area contributed by atoms with Crippen molar-refractivity contribution in [1.82, 2.24) is 14.3 Å². The molecular weight excluding hydrogens is 544 g/mol. The Kier molecular flexibility index (Phi) is 7.67. The quantitative estimate of drug-likeness (QED) is 0.299. The number of halogens is 1. The van der Waals surface area contributed by atoms with Crippen LogP contribution < -0.4 is 9.64 Å². The van der Waals surface area contributed by atoms with Gasteiger partial charge >= 0.3 is 0 Å². The first-order valence-electron chi connectivity index (χ1n) is 12.2. The van der Waals surface area contributed by atoms with Gasteiger partial charge in [0.05, 0.1) is 33.8 Å². The van der Waals surface area contributed by atoms with Crippen LogP contribution >= 0.6 is 22.9 Å². The molecule has 1 amide bonds. The lowest BCUT2D eigenvalue weighted by molar-refractivity contribution is -0.123. The molecule has 0 bridgehead atoms. The minimum atomic E-state index is -3.66. The number of sulfonamides is 1. The molecule has 5 rings (SSSR count). The molecule has 1 saturated heterocycles. The lowest BCUT2D eigenvalue weighted by atomic mass is 9.96. The summed E-state index contributed by atoms with van der Waals surface area (Å²) in [6.45, 7) is 2.80. The zero-order valence-corrected chi connectivity index (χ0v) is 23.4. The molecule has 0 spiro atoms. The zero-order chi connectivity index (χ0) is 26.9. The molecule has 0 radical (unpaired) electrons. The van der Waals surface area contributed by atoms with Crippen molar-refractivity contribution < 1.29 is 17.9 Å². The number of carbonyl (C=O) groups excluding carboxylic acids is 1. The van der Waals surface area contributed by atoms with Gasteiger partial charge in [0, 0.05) is 31.4 Å². The highest BCUT2D eigenvalue weighted by atomic mass is 35.5. The first kappa shape index (κ1) is 26.6. The van der Waals surface area contributed by atoms with Crippen molar-refractivity contribution in [2.75, 3.05) is 25.1 Å². The first-order chi connectivity index (χ1) is 18.3. The Morgan fingerprint density at radius 1 is 1.16 bits per heavy atom. The van der Waals surface area contributed by atoms with Crippen molar-refractivity contribution in [1.29, 1.82) is 0 Å². The molecule has 1 aliphatic heterocycles. The van der Waals surface area contributed by atoms with Crippen LogP contribution in [0.4, 0.5) is 5.13 Å². The molecular formula is C27H27ClN4O4S2. The molecule has 0 aliphatic carbocycles. The number of aryl methyl sites for hydroxylation is 1. The first-order valence-corrected chi connectivity index (χ1v) is 14.8. The van der Waals surface area contributed by atoms with Gasteiger partial charge in [-0.2, -0.15) is 4.31 Å². The fourth-order valence-corrected chi connectivity index (χ4v) is 7.37. The smallest absolute Gasteiger partial charge is 0.243 e. The van der Waals surface area contributed by atoms with E-state index in [1.54, 1.807) is 41.6 Å². The average Bonchev–Trinajstić information content (AvgIpc) is 3.41. The fraction of sp³-hybridized carbons (Fsp3) is 0.296. The Balaban J connectivity index is 1.38. The fourth-order valence-electron chi connectivity index (χ4n) is 4.58. The van der Waals surface area contributed by atoms with Crippen molar-refractivity contribution in [3.63, 3.8) is 0 Å². The van der Waals surface area contributed by atoms with E-state index in [-0.39, 0.29) is 29.8 Å². The number of hydrogen-bond donors (Lipinski definition) is 0. The number of rotatable bonds is 7. The molecule has 11 heteroatoms. The van der Waals surface area contributed by atoms with Crippen LogP contribution in [0, 0.1) is 12.8 Å². The zero-order valence-electron chi connectivity index (χ0n) is 21.0. The van der Waals surface area contributed by atoms with E-state index >= 15 is 0 Å². The van der Waals surface area contributed by atoms with Crippen molar-refractivity contribution in [2.45, 2.75) is 31.2 Å². The van der Waals surface area contributed by atoms with Crippen LogP contribution in [0.25, 0.3) is 10.2 Å². The number of piperidine rings is 1. The summed E-state index contributed by atoms with van der Waals surface area (Å²) in [6, 6.07) is 13.9. The number of ether oxygens (including phenoxy) is 1. The monoisotopic (exact) mass is 570 g/mol. The summed E-state index contributed by atoms with van der Waals surface area (Å²) in [5.74, 6) is 0.175. The van der Waals surface area contributed by atoms with Gasteiger partial charge in [-0.3, -0.25) is 14.7 Å². The van der Waals surface area contributed by atoms with E-state index in [0.29, 0.717) is 35.3 Å². The molecule has 1 aliphatic rings. The van der Waals surface area contributed by atoms with Gasteiger partial charge in [-0.05, 0) is 67.3 Å². The highest BCUT2D eigenvalue weighted by Crippen LogP contribution is 2.37. The van der Waals surface area contributed by atoms with Gasteiger partial charge < -0.3 is 4.74 Å². The molecule has 0 N–H and O–H groups in total. The van der Waals surface area contributed by atoms with Gasteiger partial charge in [0.25, 0.3) is 0 Å². The summed E-state index contributed by atoms with van der Waals surface area (Å²) in [5, 5.41) is 1.17. The second-order valence-electron chi connectivity index (χ2n) is 9.18. The summed E-state index contributed by atoms with van der Waals surface area (Å²) in [5.41, 5.74) is 2.64. The normalized spacial score (nSPS) is 15.0. The molecule has 0 unspecified atom stereocenters. The van der Waals surface area contributed by atoms with Crippen LogP contribution in [0.15, 0.2) is 65.8 Å². The van der Waals surface area contributed by atoms with Crippen LogP contribution in [0.1, 0.15) is 24.0 Å². The molecule has 0 atom stereocenters. The van der Waals surface area contributed by atoms with E-state index in [4.69, 9.17) is 21.3 Å². The average molecular weight is 571 g/mol. The number of pyridine rings is 1. The Morgan fingerprint density at radius 2 is 1.89 bits per heavy atom. The summed E-state index contributed by atoms with van der Waals surface area (Å²) in [6.07, 6.45) is 4.26. The SMILES string of the molecule is COc1ccc(S(=O)(=O)N2CCC(C(=O)N(Cc3cccnc3)c3nc4c(C)ccc(Cl)c4s3)CC2)cc1. The van der Waals surface area contributed by atoms with Crippen LogP contribution in [-0.4, -0.2) is 48.8 Å². The minimum absolute atomic E-state index is 0.0804. The topological polar surface area (TPSA) is 92.7 Å². The molecule has 0 saturated carbocycles. The Bertz CT molecular complexity index is 1510. The molecule has 1 fully saturated rings. The van der Waals surface area contributed by atoms with Gasteiger partial charge in [-0.1, -0.05) is 35.1 Å². The number of benzene rings is 2. The summed E-state index contributed by atoms with van der Waals surface area (Å²) in [7, 11) is -2.13. The Hall–Kier alpha value is -3.05. The number of hydrogen-bond acceptors (Lipinski definition) is 7. The van der Waals surface area contributed by atoms with Gasteiger partial charge in [0.15, 0.2) is 5.13 Å². The third-order valence-corrected chi connectivity index (χ3v) is 10.2. The van der Waals surface area contributed by atoms with Gasteiger partial charge in [0.1, 0.15) is 5.75 Å². The number of amides is 1. The molecule has 2 aromatic heterocycles. The summed E-state index contributed by atoms with van der Waals surface area (Å²) in [4.78, 5) is 24.8. The maximum atomic E-state index is 13.9. The van der Waals surface area contributed by atoms with Crippen molar-refractivity contribution >= 4 is 54.2 Å². The predicted molar refractivity (Wildman–Crippen MR) is 149 cm³/mol. The van der Waals surface area contributed by atoms with E-state index in [1.807, 2.05) is 31.2 Å². The third kappa shape index (κ3) is 5.26. The molecule has 38 heavy (non-hydrogen) atoms. The second kappa shape index (κ2) is 11.0. The second-order valence-corrected chi connectivity index (χ2v) is 12.5. The van der Waals surface area contributed by atoms with Crippen molar-refractivity contribution in [3.8, 4) is 5.75 Å². The van der Waals surface area contributed by atoms with Gasteiger partial charge in [0.2, 0.25) is 15.9 Å². The highest BCUT2D eigenvalue weighted by molar-refractivity contribution is 7.89. The van der Waals surface area contributed by atoms with Crippen molar-refractivity contribution in [2.24, 2.45) is 5.92 Å². The number of aromatic nitrogens is 2. The van der Waals surface area contributed by atoms with E-state index in [2.05, 4.69) is 4.98 Å². The molecule has 4 aromatic rings. The lowest BCUT2D eigenvalue weighted by Crippen LogP contribution is -2.44. The standard InChI is InChI=1S/C27H27ClN4O4S2/c1-18-5-10-23(28)25-24(18)30-27(37-25)32(17-19-4-3-13-29-16-19)26(33)20-11-14-31(15-12-20)38(34,35)22-8-6-21(36-2)7-9-22/h3-10,13,16,20H,11-12,14-15,17H2,1-2H3. The third-order valence-electron chi connectivity index (χ3n) is 6.75. The number of nitrogens with zero attached hydrogens (tertiary/aromatic N) is 4. The maximum absolute atomic E-state index is 13.9. The molecule has 3 heterocycles. The van der Waals surface area contributed by atoms with Crippen LogP contribution in [-0.2, 0) is 21.4 Å². The van der Waals surface area contributed by atoms with Gasteiger partial charge in [-0.25, -0.2) is 13.4 Å². The molecule has 2 aromatic carbocycles. The minimum Gasteiger partial charge on any atom is -0.497 e. The van der Waals surface area contributed by atoms with Crippen LogP contribution in [0.5, 0.6) is 5.75 Å².